The van der Waals surface area contributed by atoms with Gasteiger partial charge in [-0.05, 0) is 56.0 Å². The zero-order valence-corrected chi connectivity index (χ0v) is 13.2. The van der Waals surface area contributed by atoms with E-state index in [0.29, 0.717) is 19.1 Å². The van der Waals surface area contributed by atoms with Crippen molar-refractivity contribution in [3.05, 3.63) is 23.8 Å². The maximum atomic E-state index is 9.19. The quantitative estimate of drug-likeness (QED) is 0.839. The second-order valence-corrected chi connectivity index (χ2v) is 5.74. The Labute approximate surface area is 127 Å². The minimum atomic E-state index is 0.325. The molecule has 0 bridgehead atoms. The van der Waals surface area contributed by atoms with Gasteiger partial charge in [0.2, 0.25) is 0 Å². The number of hydrogen-bond donors (Lipinski definition) is 1. The Kier molecular flexibility index (Phi) is 6.33. The summed E-state index contributed by atoms with van der Waals surface area (Å²) in [4.78, 5) is 2.44. The number of hydrogen-bond acceptors (Lipinski definition) is 4. The molecule has 0 spiro atoms. The number of nitrogens with zero attached hydrogens (tertiary/aromatic N) is 1. The highest BCUT2D eigenvalue weighted by Crippen LogP contribution is 2.29. The lowest BCUT2D eigenvalue weighted by Crippen LogP contribution is -2.34. The first kappa shape index (κ1) is 16.1. The highest BCUT2D eigenvalue weighted by Gasteiger charge is 2.18. The lowest BCUT2D eigenvalue weighted by Gasteiger charge is -2.31. The fourth-order valence-corrected chi connectivity index (χ4v) is 2.73. The van der Waals surface area contributed by atoms with Crippen LogP contribution in [0.5, 0.6) is 11.5 Å². The molecule has 1 heterocycles. The third kappa shape index (κ3) is 4.61. The van der Waals surface area contributed by atoms with Crippen LogP contribution in [0.1, 0.15) is 31.7 Å². The van der Waals surface area contributed by atoms with Gasteiger partial charge in [0.05, 0.1) is 13.7 Å². The van der Waals surface area contributed by atoms with Crippen LogP contribution in [0.25, 0.3) is 0 Å². The van der Waals surface area contributed by atoms with Gasteiger partial charge < -0.3 is 14.6 Å². The number of aliphatic hydroxyl groups is 1. The standard InChI is InChI=1S/C17H27NO3/c1-3-10-21-16-5-4-15(11-17(16)20-2)12-18-8-6-14(13-19)7-9-18/h4-5,11,14,19H,3,6-10,12-13H2,1-2H3. The van der Waals surface area contributed by atoms with E-state index >= 15 is 0 Å². The molecular weight excluding hydrogens is 266 g/mol. The van der Waals surface area contributed by atoms with Gasteiger partial charge in [0.1, 0.15) is 0 Å². The van der Waals surface area contributed by atoms with Crippen molar-refractivity contribution in [3.63, 3.8) is 0 Å². The van der Waals surface area contributed by atoms with Crippen molar-refractivity contribution in [2.75, 3.05) is 33.4 Å². The van der Waals surface area contributed by atoms with E-state index in [1.165, 1.54) is 5.56 Å². The Hall–Kier alpha value is -1.26. The molecule has 0 amide bonds. The topological polar surface area (TPSA) is 41.9 Å². The molecule has 0 atom stereocenters. The Morgan fingerprint density at radius 2 is 2.00 bits per heavy atom. The highest BCUT2D eigenvalue weighted by atomic mass is 16.5. The molecule has 0 aliphatic carbocycles. The summed E-state index contributed by atoms with van der Waals surface area (Å²) in [6.45, 7) is 6.18. The molecule has 2 rings (SSSR count). The van der Waals surface area contributed by atoms with E-state index in [9.17, 15) is 5.11 Å². The molecule has 0 saturated carbocycles. The molecule has 1 aliphatic rings. The third-order valence-corrected chi connectivity index (χ3v) is 4.06. The molecule has 1 saturated heterocycles. The largest absolute Gasteiger partial charge is 0.493 e. The van der Waals surface area contributed by atoms with E-state index in [1.54, 1.807) is 7.11 Å². The molecule has 1 aromatic rings. The number of ether oxygens (including phenoxy) is 2. The zero-order chi connectivity index (χ0) is 15.1. The maximum absolute atomic E-state index is 9.19. The van der Waals surface area contributed by atoms with Crippen molar-refractivity contribution in [3.8, 4) is 11.5 Å². The average molecular weight is 293 g/mol. The van der Waals surface area contributed by atoms with E-state index in [4.69, 9.17) is 9.47 Å². The van der Waals surface area contributed by atoms with Crippen LogP contribution in [0, 0.1) is 5.92 Å². The Morgan fingerprint density at radius 1 is 1.24 bits per heavy atom. The normalized spacial score (nSPS) is 16.9. The molecule has 1 fully saturated rings. The fourth-order valence-electron chi connectivity index (χ4n) is 2.73. The lowest BCUT2D eigenvalue weighted by molar-refractivity contribution is 0.127. The number of aliphatic hydroxyl groups excluding tert-OH is 1. The van der Waals surface area contributed by atoms with Gasteiger partial charge in [0.25, 0.3) is 0 Å². The minimum absolute atomic E-state index is 0.325. The van der Waals surface area contributed by atoms with E-state index in [-0.39, 0.29) is 0 Å². The summed E-state index contributed by atoms with van der Waals surface area (Å²) < 4.78 is 11.1. The van der Waals surface area contributed by atoms with E-state index in [1.807, 2.05) is 6.07 Å². The van der Waals surface area contributed by atoms with Gasteiger partial charge in [-0.25, -0.2) is 0 Å². The van der Waals surface area contributed by atoms with Gasteiger partial charge in [0, 0.05) is 13.2 Å². The summed E-state index contributed by atoms with van der Waals surface area (Å²) in [6.07, 6.45) is 3.17. The number of piperidine rings is 1. The maximum Gasteiger partial charge on any atom is 0.161 e. The van der Waals surface area contributed by atoms with Crippen molar-refractivity contribution < 1.29 is 14.6 Å². The summed E-state index contributed by atoms with van der Waals surface area (Å²) in [7, 11) is 1.69. The Morgan fingerprint density at radius 3 is 2.62 bits per heavy atom. The highest BCUT2D eigenvalue weighted by molar-refractivity contribution is 5.43. The number of methoxy groups -OCH3 is 1. The molecule has 4 nitrogen and oxygen atoms in total. The summed E-state index contributed by atoms with van der Waals surface area (Å²) in [6, 6.07) is 6.19. The molecular formula is C17H27NO3. The smallest absolute Gasteiger partial charge is 0.161 e. The predicted octanol–water partition coefficient (Wildman–Crippen LogP) is 2.69. The van der Waals surface area contributed by atoms with Crippen molar-refractivity contribution in [1.29, 1.82) is 0 Å². The van der Waals surface area contributed by atoms with Crippen LogP contribution in [0.4, 0.5) is 0 Å². The van der Waals surface area contributed by atoms with Crippen molar-refractivity contribution in [2.24, 2.45) is 5.92 Å². The Bertz CT molecular complexity index is 428. The number of rotatable bonds is 7. The summed E-state index contributed by atoms with van der Waals surface area (Å²) >= 11 is 0. The number of likely N-dealkylation sites (tertiary alicyclic amines) is 1. The average Bonchev–Trinajstić information content (AvgIpc) is 2.54. The lowest BCUT2D eigenvalue weighted by atomic mass is 9.97. The van der Waals surface area contributed by atoms with Crippen LogP contribution in [0.2, 0.25) is 0 Å². The minimum Gasteiger partial charge on any atom is -0.493 e. The van der Waals surface area contributed by atoms with Crippen LogP contribution >= 0.6 is 0 Å². The summed E-state index contributed by atoms with van der Waals surface area (Å²) in [5.41, 5.74) is 1.25. The van der Waals surface area contributed by atoms with Gasteiger partial charge in [-0.2, -0.15) is 0 Å². The summed E-state index contributed by atoms with van der Waals surface area (Å²) in [5.74, 6) is 2.12. The van der Waals surface area contributed by atoms with Gasteiger partial charge in [0.15, 0.2) is 11.5 Å². The molecule has 0 aromatic heterocycles. The van der Waals surface area contributed by atoms with E-state index < -0.39 is 0 Å². The fraction of sp³-hybridized carbons (Fsp3) is 0.647. The molecule has 21 heavy (non-hydrogen) atoms. The van der Waals surface area contributed by atoms with Crippen molar-refractivity contribution in [1.82, 2.24) is 4.90 Å². The van der Waals surface area contributed by atoms with Crippen LogP contribution in [-0.4, -0.2) is 43.4 Å². The molecule has 1 N–H and O–H groups in total. The predicted molar refractivity (Wildman–Crippen MR) is 83.9 cm³/mol. The molecule has 118 valence electrons. The molecule has 0 unspecified atom stereocenters. The van der Waals surface area contributed by atoms with Crippen LogP contribution in [0.3, 0.4) is 0 Å². The second-order valence-electron chi connectivity index (χ2n) is 5.74. The zero-order valence-electron chi connectivity index (χ0n) is 13.2. The monoisotopic (exact) mass is 293 g/mol. The van der Waals surface area contributed by atoms with Crippen molar-refractivity contribution in [2.45, 2.75) is 32.7 Å². The first-order valence-electron chi connectivity index (χ1n) is 7.89. The molecule has 0 radical (unpaired) electrons. The van der Waals surface area contributed by atoms with Crippen LogP contribution in [-0.2, 0) is 6.54 Å². The molecule has 1 aliphatic heterocycles. The van der Waals surface area contributed by atoms with Crippen LogP contribution in [0.15, 0.2) is 18.2 Å². The van der Waals surface area contributed by atoms with Gasteiger partial charge in [-0.3, -0.25) is 4.90 Å². The SMILES string of the molecule is CCCOc1ccc(CN2CCC(CO)CC2)cc1OC. The first-order valence-corrected chi connectivity index (χ1v) is 7.89. The van der Waals surface area contributed by atoms with Gasteiger partial charge in [-0.1, -0.05) is 13.0 Å². The second kappa shape index (κ2) is 8.25. The van der Waals surface area contributed by atoms with Gasteiger partial charge >= 0.3 is 0 Å². The first-order chi connectivity index (χ1) is 10.3. The molecule has 1 aromatic carbocycles. The van der Waals surface area contributed by atoms with E-state index in [2.05, 4.69) is 24.0 Å². The number of benzene rings is 1. The van der Waals surface area contributed by atoms with Gasteiger partial charge in [-0.15, -0.1) is 0 Å². The van der Waals surface area contributed by atoms with E-state index in [0.717, 1.165) is 50.4 Å². The Balaban J connectivity index is 1.94. The van der Waals surface area contributed by atoms with Crippen LogP contribution < -0.4 is 9.47 Å². The summed E-state index contributed by atoms with van der Waals surface area (Å²) in [5, 5.41) is 9.19. The van der Waals surface area contributed by atoms with Crippen molar-refractivity contribution >= 4 is 0 Å². The third-order valence-electron chi connectivity index (χ3n) is 4.06. The molecule has 4 heteroatoms.